The highest BCUT2D eigenvalue weighted by Crippen LogP contribution is 2.29. The van der Waals surface area contributed by atoms with Gasteiger partial charge in [0.15, 0.2) is 0 Å². The second-order valence-corrected chi connectivity index (χ2v) is 7.85. The fraction of sp³-hybridized carbons (Fsp3) is 0.391. The number of hydrogen-bond donors (Lipinski definition) is 2. The van der Waals surface area contributed by atoms with E-state index in [1.807, 2.05) is 25.1 Å². The lowest BCUT2D eigenvalue weighted by Crippen LogP contribution is -2.39. The molecule has 2 heterocycles. The third-order valence-electron chi connectivity index (χ3n) is 5.60. The Morgan fingerprint density at radius 3 is 2.93 bits per heavy atom. The summed E-state index contributed by atoms with van der Waals surface area (Å²) < 4.78 is 5.75. The van der Waals surface area contributed by atoms with Crippen LogP contribution >= 0.6 is 0 Å². The van der Waals surface area contributed by atoms with Crippen molar-refractivity contribution in [3.8, 4) is 5.75 Å². The van der Waals surface area contributed by atoms with Crippen molar-refractivity contribution in [3.63, 3.8) is 0 Å². The lowest BCUT2D eigenvalue weighted by atomic mass is 10.00. The summed E-state index contributed by atoms with van der Waals surface area (Å²) in [6, 6.07) is 14.2. The number of carbonyl (C=O) groups is 2. The van der Waals surface area contributed by atoms with E-state index in [0.717, 1.165) is 31.6 Å². The molecule has 1 unspecified atom stereocenters. The zero-order valence-electron chi connectivity index (χ0n) is 16.7. The standard InChI is InChI=1S/C23H27N3O3/c1-16-6-7-21-20(12-16)25-23(28)19(15-29-21)13-22(27)24-9-11-26-10-8-17-4-2-3-5-18(17)14-26/h2-7,12,19H,8-11,13-15H2,1H3,(H,24,27)(H,25,28). The first-order chi connectivity index (χ1) is 14.1. The largest absolute Gasteiger partial charge is 0.491 e. The van der Waals surface area contributed by atoms with Crippen molar-refractivity contribution in [1.29, 1.82) is 0 Å². The Hall–Kier alpha value is -2.86. The number of nitrogens with zero attached hydrogens (tertiary/aromatic N) is 1. The number of carbonyl (C=O) groups excluding carboxylic acids is 2. The van der Waals surface area contributed by atoms with Crippen molar-refractivity contribution >= 4 is 17.5 Å². The third-order valence-corrected chi connectivity index (χ3v) is 5.60. The quantitative estimate of drug-likeness (QED) is 0.819. The van der Waals surface area contributed by atoms with Crippen molar-refractivity contribution in [3.05, 3.63) is 59.2 Å². The Bertz CT molecular complexity index is 912. The van der Waals surface area contributed by atoms with Gasteiger partial charge in [0.25, 0.3) is 0 Å². The molecule has 4 rings (SSSR count). The monoisotopic (exact) mass is 393 g/mol. The van der Waals surface area contributed by atoms with E-state index in [-0.39, 0.29) is 24.8 Å². The predicted octanol–water partition coefficient (Wildman–Crippen LogP) is 2.51. The fourth-order valence-electron chi connectivity index (χ4n) is 3.91. The number of rotatable bonds is 5. The van der Waals surface area contributed by atoms with Gasteiger partial charge in [0.05, 0.1) is 11.6 Å². The molecule has 0 fully saturated rings. The summed E-state index contributed by atoms with van der Waals surface area (Å²) in [5, 5.41) is 5.84. The van der Waals surface area contributed by atoms with Crippen LogP contribution in [0.2, 0.25) is 0 Å². The summed E-state index contributed by atoms with van der Waals surface area (Å²) in [5.41, 5.74) is 4.50. The van der Waals surface area contributed by atoms with Crippen molar-refractivity contribution in [1.82, 2.24) is 10.2 Å². The first-order valence-electron chi connectivity index (χ1n) is 10.2. The second-order valence-electron chi connectivity index (χ2n) is 7.85. The van der Waals surface area contributed by atoms with E-state index in [1.54, 1.807) is 0 Å². The van der Waals surface area contributed by atoms with E-state index in [4.69, 9.17) is 4.74 Å². The number of benzene rings is 2. The summed E-state index contributed by atoms with van der Waals surface area (Å²) in [7, 11) is 0. The van der Waals surface area contributed by atoms with Crippen molar-refractivity contribution in [2.75, 3.05) is 31.6 Å². The maximum Gasteiger partial charge on any atom is 0.231 e. The predicted molar refractivity (Wildman–Crippen MR) is 112 cm³/mol. The number of fused-ring (bicyclic) bond motifs is 2. The number of aryl methyl sites for hydroxylation is 1. The molecule has 0 aliphatic carbocycles. The molecule has 0 radical (unpaired) electrons. The van der Waals surface area contributed by atoms with Gasteiger partial charge in [0.2, 0.25) is 11.8 Å². The summed E-state index contributed by atoms with van der Waals surface area (Å²) >= 11 is 0. The van der Waals surface area contributed by atoms with Crippen LogP contribution in [0.15, 0.2) is 42.5 Å². The minimum Gasteiger partial charge on any atom is -0.491 e. The molecule has 2 aromatic rings. The van der Waals surface area contributed by atoms with Gasteiger partial charge < -0.3 is 15.4 Å². The van der Waals surface area contributed by atoms with Crippen LogP contribution in [0, 0.1) is 12.8 Å². The van der Waals surface area contributed by atoms with Crippen LogP contribution in [0.4, 0.5) is 5.69 Å². The van der Waals surface area contributed by atoms with E-state index < -0.39 is 5.92 Å². The molecule has 2 aromatic carbocycles. The molecule has 0 saturated heterocycles. The fourth-order valence-corrected chi connectivity index (χ4v) is 3.91. The number of ether oxygens (including phenoxy) is 1. The smallest absolute Gasteiger partial charge is 0.231 e. The first-order valence-corrected chi connectivity index (χ1v) is 10.2. The highest BCUT2D eigenvalue weighted by molar-refractivity contribution is 5.97. The van der Waals surface area contributed by atoms with Crippen LogP contribution in [0.3, 0.4) is 0 Å². The zero-order chi connectivity index (χ0) is 20.2. The molecule has 2 aliphatic heterocycles. The van der Waals surface area contributed by atoms with Crippen LogP contribution in [0.1, 0.15) is 23.1 Å². The minimum atomic E-state index is -0.496. The molecule has 0 aromatic heterocycles. The van der Waals surface area contributed by atoms with E-state index in [0.29, 0.717) is 18.0 Å². The van der Waals surface area contributed by atoms with Crippen LogP contribution in [0.25, 0.3) is 0 Å². The van der Waals surface area contributed by atoms with Crippen LogP contribution in [-0.4, -0.2) is 43.0 Å². The maximum absolute atomic E-state index is 12.5. The molecule has 0 saturated carbocycles. The van der Waals surface area contributed by atoms with E-state index >= 15 is 0 Å². The molecular weight excluding hydrogens is 366 g/mol. The van der Waals surface area contributed by atoms with E-state index in [1.165, 1.54) is 11.1 Å². The Morgan fingerprint density at radius 2 is 2.07 bits per heavy atom. The van der Waals surface area contributed by atoms with Crippen molar-refractivity contribution in [2.45, 2.75) is 26.3 Å². The van der Waals surface area contributed by atoms with E-state index in [9.17, 15) is 9.59 Å². The van der Waals surface area contributed by atoms with Crippen LogP contribution in [0.5, 0.6) is 5.75 Å². The van der Waals surface area contributed by atoms with Crippen molar-refractivity contribution in [2.24, 2.45) is 5.92 Å². The van der Waals surface area contributed by atoms with Crippen LogP contribution in [-0.2, 0) is 22.6 Å². The number of hydrogen-bond acceptors (Lipinski definition) is 4. The van der Waals surface area contributed by atoms with Crippen molar-refractivity contribution < 1.29 is 14.3 Å². The third kappa shape index (κ3) is 4.77. The summed E-state index contributed by atoms with van der Waals surface area (Å²) in [5.74, 6) is -0.132. The molecule has 2 aliphatic rings. The van der Waals surface area contributed by atoms with E-state index in [2.05, 4.69) is 39.8 Å². The summed E-state index contributed by atoms with van der Waals surface area (Å²) in [4.78, 5) is 27.2. The highest BCUT2D eigenvalue weighted by atomic mass is 16.5. The Labute approximate surface area is 171 Å². The molecule has 0 bridgehead atoms. The lowest BCUT2D eigenvalue weighted by molar-refractivity contribution is -0.128. The molecule has 6 heteroatoms. The summed E-state index contributed by atoms with van der Waals surface area (Å²) in [6.45, 7) is 5.47. The number of nitrogens with one attached hydrogen (secondary N) is 2. The lowest BCUT2D eigenvalue weighted by Gasteiger charge is -2.28. The van der Waals surface area contributed by atoms with Gasteiger partial charge >= 0.3 is 0 Å². The van der Waals surface area contributed by atoms with Gasteiger partial charge in [-0.2, -0.15) is 0 Å². The average molecular weight is 393 g/mol. The van der Waals surface area contributed by atoms with Gasteiger partial charge in [-0.15, -0.1) is 0 Å². The minimum absolute atomic E-state index is 0.117. The zero-order valence-corrected chi connectivity index (χ0v) is 16.7. The van der Waals surface area contributed by atoms with Gasteiger partial charge in [0.1, 0.15) is 12.4 Å². The maximum atomic E-state index is 12.5. The Kier molecular flexibility index (Phi) is 5.81. The van der Waals surface area contributed by atoms with Gasteiger partial charge in [-0.25, -0.2) is 0 Å². The van der Waals surface area contributed by atoms with Gasteiger partial charge in [-0.1, -0.05) is 30.3 Å². The molecule has 1 atom stereocenters. The SMILES string of the molecule is Cc1ccc2c(c1)NC(=O)C(CC(=O)NCCN1CCc3ccccc3C1)CO2. The number of anilines is 1. The molecule has 29 heavy (non-hydrogen) atoms. The first kappa shape index (κ1) is 19.5. The molecule has 0 spiro atoms. The Balaban J connectivity index is 1.24. The van der Waals surface area contributed by atoms with Gasteiger partial charge in [-0.3, -0.25) is 14.5 Å². The molecular formula is C23H27N3O3. The topological polar surface area (TPSA) is 70.7 Å². The second kappa shape index (κ2) is 8.66. The normalized spacial score (nSPS) is 18.7. The highest BCUT2D eigenvalue weighted by Gasteiger charge is 2.27. The van der Waals surface area contributed by atoms with Gasteiger partial charge in [0, 0.05) is 32.6 Å². The molecule has 152 valence electrons. The van der Waals surface area contributed by atoms with Gasteiger partial charge in [-0.05, 0) is 42.2 Å². The summed E-state index contributed by atoms with van der Waals surface area (Å²) in [6.07, 6.45) is 1.17. The number of amides is 2. The Morgan fingerprint density at radius 1 is 1.24 bits per heavy atom. The molecule has 6 nitrogen and oxygen atoms in total. The molecule has 2 amide bonds. The molecule has 2 N–H and O–H groups in total. The van der Waals surface area contributed by atoms with Crippen LogP contribution < -0.4 is 15.4 Å². The average Bonchev–Trinajstić information content (AvgIpc) is 2.86.